The highest BCUT2D eigenvalue weighted by molar-refractivity contribution is 5.65. The number of anilines is 1. The van der Waals surface area contributed by atoms with Gasteiger partial charge < -0.3 is 14.8 Å². The van der Waals surface area contributed by atoms with Gasteiger partial charge in [0.25, 0.3) is 11.4 Å². The molecule has 0 saturated carbocycles. The highest BCUT2D eigenvalue weighted by Crippen LogP contribution is 2.41. The second-order valence-electron chi connectivity index (χ2n) is 7.17. The molecule has 0 aliphatic carbocycles. The lowest BCUT2D eigenvalue weighted by Crippen LogP contribution is -2.40. The number of nitrogens with zero attached hydrogens (tertiary/aromatic N) is 2. The van der Waals surface area contributed by atoms with Crippen LogP contribution < -0.4 is 10.1 Å². The lowest BCUT2D eigenvalue weighted by molar-refractivity contribution is -0.393. The molecule has 9 heteroatoms. The second kappa shape index (κ2) is 8.44. The molecule has 154 valence electrons. The van der Waals surface area contributed by atoms with Crippen molar-refractivity contribution in [1.82, 2.24) is 0 Å². The third-order valence-corrected chi connectivity index (χ3v) is 5.38. The summed E-state index contributed by atoms with van der Waals surface area (Å²) in [7, 11) is 1.62. The van der Waals surface area contributed by atoms with Gasteiger partial charge in [-0.25, -0.2) is 0 Å². The fourth-order valence-corrected chi connectivity index (χ4v) is 3.74. The molecule has 1 aliphatic rings. The largest absolute Gasteiger partial charge is 0.496 e. The van der Waals surface area contributed by atoms with Gasteiger partial charge in [-0.2, -0.15) is 0 Å². The summed E-state index contributed by atoms with van der Waals surface area (Å²) in [6.45, 7) is 3.56. The average Bonchev–Trinajstić information content (AvgIpc) is 2.72. The van der Waals surface area contributed by atoms with Crippen LogP contribution in [-0.2, 0) is 10.2 Å². The normalized spacial score (nSPS) is 15.5. The first-order chi connectivity index (χ1) is 13.9. The fourth-order valence-electron chi connectivity index (χ4n) is 3.74. The van der Waals surface area contributed by atoms with Crippen LogP contribution in [0.2, 0.25) is 0 Å². The van der Waals surface area contributed by atoms with Gasteiger partial charge in [0.1, 0.15) is 11.4 Å². The molecule has 1 fully saturated rings. The summed E-state index contributed by atoms with van der Waals surface area (Å²) in [5, 5.41) is 25.6. The van der Waals surface area contributed by atoms with E-state index in [1.807, 2.05) is 19.1 Å². The number of hydrogen-bond donors (Lipinski definition) is 1. The molecule has 1 heterocycles. The Bertz CT molecular complexity index is 924. The molecule has 0 atom stereocenters. The van der Waals surface area contributed by atoms with Crippen LogP contribution in [0.25, 0.3) is 0 Å². The Hall–Kier alpha value is -3.20. The number of benzene rings is 2. The minimum Gasteiger partial charge on any atom is -0.496 e. The molecule has 0 spiro atoms. The van der Waals surface area contributed by atoms with Crippen molar-refractivity contribution in [3.05, 3.63) is 67.8 Å². The molecule has 3 rings (SSSR count). The van der Waals surface area contributed by atoms with Crippen LogP contribution in [0.1, 0.15) is 24.0 Å². The lowest BCUT2D eigenvalue weighted by Gasteiger charge is -2.39. The predicted molar refractivity (Wildman–Crippen MR) is 108 cm³/mol. The molecule has 9 nitrogen and oxygen atoms in total. The van der Waals surface area contributed by atoms with Crippen molar-refractivity contribution in [3.8, 4) is 5.75 Å². The summed E-state index contributed by atoms with van der Waals surface area (Å²) >= 11 is 0. The summed E-state index contributed by atoms with van der Waals surface area (Å²) < 4.78 is 11.1. The monoisotopic (exact) mass is 401 g/mol. The maximum absolute atomic E-state index is 11.4. The van der Waals surface area contributed by atoms with E-state index in [9.17, 15) is 20.2 Å². The minimum atomic E-state index is -0.644. The first-order valence-corrected chi connectivity index (χ1v) is 9.26. The van der Waals surface area contributed by atoms with Crippen LogP contribution in [0, 0.1) is 27.2 Å². The van der Waals surface area contributed by atoms with Crippen LogP contribution in [0.5, 0.6) is 5.75 Å². The minimum absolute atomic E-state index is 0.248. The van der Waals surface area contributed by atoms with E-state index in [0.29, 0.717) is 19.8 Å². The highest BCUT2D eigenvalue weighted by Gasteiger charge is 2.37. The number of nitro benzene ring substituents is 2. The van der Waals surface area contributed by atoms with E-state index in [4.69, 9.17) is 9.47 Å². The lowest BCUT2D eigenvalue weighted by atomic mass is 9.73. The standard InChI is InChI=1S/C20H23N3O6/c1-14-3-6-19(28-2)16(11-14)20(7-9-29-10-8-20)13-21-17-5-4-15(22(24)25)12-18(17)23(26)27/h3-6,11-12,21H,7-10,13H2,1-2H3. The third kappa shape index (κ3) is 4.29. The van der Waals surface area contributed by atoms with Gasteiger partial charge in [0, 0.05) is 36.8 Å². The van der Waals surface area contributed by atoms with E-state index in [1.54, 1.807) is 7.11 Å². The van der Waals surface area contributed by atoms with Gasteiger partial charge >= 0.3 is 0 Å². The number of rotatable bonds is 7. The zero-order chi connectivity index (χ0) is 21.0. The molecular formula is C20H23N3O6. The third-order valence-electron chi connectivity index (χ3n) is 5.38. The zero-order valence-electron chi connectivity index (χ0n) is 16.3. The van der Waals surface area contributed by atoms with E-state index in [1.165, 1.54) is 12.1 Å². The van der Waals surface area contributed by atoms with Crippen LogP contribution in [0.3, 0.4) is 0 Å². The van der Waals surface area contributed by atoms with Gasteiger partial charge in [-0.05, 0) is 31.9 Å². The zero-order valence-corrected chi connectivity index (χ0v) is 16.3. The van der Waals surface area contributed by atoms with Crippen molar-refractivity contribution in [1.29, 1.82) is 0 Å². The topological polar surface area (TPSA) is 117 Å². The van der Waals surface area contributed by atoms with E-state index in [-0.39, 0.29) is 22.5 Å². The molecule has 2 aromatic rings. The Balaban J connectivity index is 1.96. The molecule has 1 aliphatic heterocycles. The van der Waals surface area contributed by atoms with Crippen LogP contribution in [0.4, 0.5) is 17.1 Å². The summed E-state index contributed by atoms with van der Waals surface area (Å²) in [6, 6.07) is 9.61. The Morgan fingerprint density at radius 2 is 1.83 bits per heavy atom. The summed E-state index contributed by atoms with van der Waals surface area (Å²) in [4.78, 5) is 21.2. The van der Waals surface area contributed by atoms with Crippen LogP contribution in [-0.4, -0.2) is 36.7 Å². The SMILES string of the molecule is COc1ccc(C)cc1C1(CNc2ccc([N+](=O)[O-])cc2[N+](=O)[O-])CCOCC1. The maximum Gasteiger partial charge on any atom is 0.299 e. The summed E-state index contributed by atoms with van der Waals surface area (Å²) in [5.41, 5.74) is 1.39. The van der Waals surface area contributed by atoms with Gasteiger partial charge in [-0.1, -0.05) is 17.7 Å². The first kappa shape index (κ1) is 20.5. The molecule has 0 aromatic heterocycles. The van der Waals surface area contributed by atoms with Crippen molar-refractivity contribution in [2.24, 2.45) is 0 Å². The number of methoxy groups -OCH3 is 1. The van der Waals surface area contributed by atoms with Gasteiger partial charge in [-0.3, -0.25) is 20.2 Å². The predicted octanol–water partition coefficient (Wildman–Crippen LogP) is 3.98. The average molecular weight is 401 g/mol. The highest BCUT2D eigenvalue weighted by atomic mass is 16.6. The van der Waals surface area contributed by atoms with Crippen molar-refractivity contribution < 1.29 is 19.3 Å². The Kier molecular flexibility index (Phi) is 5.97. The number of aryl methyl sites for hydroxylation is 1. The Morgan fingerprint density at radius 3 is 2.45 bits per heavy atom. The summed E-state index contributed by atoms with van der Waals surface area (Å²) in [5.74, 6) is 0.762. The number of nitrogens with one attached hydrogen (secondary N) is 1. The van der Waals surface area contributed by atoms with E-state index in [0.717, 1.165) is 35.8 Å². The Morgan fingerprint density at radius 1 is 1.10 bits per heavy atom. The van der Waals surface area contributed by atoms with Crippen molar-refractivity contribution in [2.75, 3.05) is 32.2 Å². The molecule has 2 aromatic carbocycles. The van der Waals surface area contributed by atoms with Gasteiger partial charge in [0.2, 0.25) is 0 Å². The molecule has 29 heavy (non-hydrogen) atoms. The quantitative estimate of drug-likeness (QED) is 0.551. The first-order valence-electron chi connectivity index (χ1n) is 9.26. The van der Waals surface area contributed by atoms with Crippen molar-refractivity contribution in [2.45, 2.75) is 25.2 Å². The van der Waals surface area contributed by atoms with E-state index in [2.05, 4.69) is 11.4 Å². The molecule has 1 saturated heterocycles. The Labute approximate surface area is 167 Å². The summed E-state index contributed by atoms with van der Waals surface area (Å²) in [6.07, 6.45) is 1.45. The number of non-ortho nitro benzene ring substituents is 1. The van der Waals surface area contributed by atoms with Gasteiger partial charge in [-0.15, -0.1) is 0 Å². The number of ether oxygens (including phenoxy) is 2. The van der Waals surface area contributed by atoms with E-state index < -0.39 is 9.85 Å². The molecule has 0 unspecified atom stereocenters. The molecule has 1 N–H and O–H groups in total. The second-order valence-corrected chi connectivity index (χ2v) is 7.17. The van der Waals surface area contributed by atoms with Crippen molar-refractivity contribution >= 4 is 17.1 Å². The number of hydrogen-bond acceptors (Lipinski definition) is 7. The molecule has 0 radical (unpaired) electrons. The molecular weight excluding hydrogens is 378 g/mol. The van der Waals surface area contributed by atoms with Gasteiger partial charge in [0.15, 0.2) is 0 Å². The van der Waals surface area contributed by atoms with Crippen molar-refractivity contribution in [3.63, 3.8) is 0 Å². The van der Waals surface area contributed by atoms with Crippen LogP contribution in [0.15, 0.2) is 36.4 Å². The molecule has 0 bridgehead atoms. The van der Waals surface area contributed by atoms with Gasteiger partial charge in [0.05, 0.1) is 23.0 Å². The fraction of sp³-hybridized carbons (Fsp3) is 0.400. The van der Waals surface area contributed by atoms with E-state index >= 15 is 0 Å². The molecule has 0 amide bonds. The maximum atomic E-state index is 11.4. The number of nitro groups is 2. The van der Waals surface area contributed by atoms with Crippen LogP contribution >= 0.6 is 0 Å². The smallest absolute Gasteiger partial charge is 0.299 e.